The van der Waals surface area contributed by atoms with E-state index < -0.39 is 0 Å². The van der Waals surface area contributed by atoms with E-state index in [1.807, 2.05) is 11.3 Å². The molecule has 0 aromatic carbocycles. The molecule has 1 saturated carbocycles. The largest absolute Gasteiger partial charge is 0.370 e. The third kappa shape index (κ3) is 1.25. The molecule has 1 aromatic heterocycles. The molecule has 16 heavy (non-hydrogen) atoms. The standard InChI is InChI=1S/C13H17NOS/c1-2-10(14-6-1)11-12-9(3-7-16-12)13(4-5-13)8-15-11/h3,7,10-11,14H,1-2,4-6,8H2/t10-,11+/m0/s1. The van der Waals surface area contributed by atoms with Crippen molar-refractivity contribution in [2.75, 3.05) is 13.2 Å². The summed E-state index contributed by atoms with van der Waals surface area (Å²) in [4.78, 5) is 1.52. The summed E-state index contributed by atoms with van der Waals surface area (Å²) in [6.45, 7) is 2.12. The van der Waals surface area contributed by atoms with Crippen LogP contribution in [-0.2, 0) is 10.2 Å². The molecule has 0 unspecified atom stereocenters. The first-order valence-electron chi connectivity index (χ1n) is 6.32. The van der Waals surface area contributed by atoms with Crippen LogP contribution in [0.4, 0.5) is 0 Å². The maximum atomic E-state index is 6.17. The van der Waals surface area contributed by atoms with Crippen molar-refractivity contribution in [2.45, 2.75) is 43.2 Å². The summed E-state index contributed by atoms with van der Waals surface area (Å²) < 4.78 is 6.17. The second kappa shape index (κ2) is 3.31. The zero-order chi connectivity index (χ0) is 10.6. The van der Waals surface area contributed by atoms with Crippen LogP contribution in [0.25, 0.3) is 0 Å². The number of ether oxygens (including phenoxy) is 1. The number of nitrogens with one attached hydrogen (secondary N) is 1. The van der Waals surface area contributed by atoms with Crippen LogP contribution in [0.5, 0.6) is 0 Å². The fraction of sp³-hybridized carbons (Fsp3) is 0.692. The summed E-state index contributed by atoms with van der Waals surface area (Å²) in [6.07, 6.45) is 5.58. The molecule has 0 radical (unpaired) electrons. The van der Waals surface area contributed by atoms with Gasteiger partial charge in [-0.05, 0) is 49.2 Å². The minimum atomic E-state index is 0.337. The van der Waals surface area contributed by atoms with Crippen molar-refractivity contribution < 1.29 is 4.74 Å². The van der Waals surface area contributed by atoms with Crippen LogP contribution < -0.4 is 5.32 Å². The van der Waals surface area contributed by atoms with Gasteiger partial charge in [0.25, 0.3) is 0 Å². The number of hydrogen-bond donors (Lipinski definition) is 1. The summed E-state index contributed by atoms with van der Waals surface area (Å²) in [7, 11) is 0. The smallest absolute Gasteiger partial charge is 0.107 e. The Kier molecular flexibility index (Phi) is 1.99. The second-order valence-electron chi connectivity index (χ2n) is 5.41. The van der Waals surface area contributed by atoms with Gasteiger partial charge in [0.05, 0.1) is 6.61 Å². The van der Waals surface area contributed by atoms with E-state index in [9.17, 15) is 0 Å². The van der Waals surface area contributed by atoms with Crippen LogP contribution in [0.1, 0.15) is 42.2 Å². The molecule has 1 aromatic rings. The molecule has 4 rings (SSSR count). The number of thiophene rings is 1. The van der Waals surface area contributed by atoms with Gasteiger partial charge in [-0.2, -0.15) is 0 Å². The van der Waals surface area contributed by atoms with Gasteiger partial charge in [-0.1, -0.05) is 0 Å². The molecule has 2 nitrogen and oxygen atoms in total. The molecule has 3 heterocycles. The van der Waals surface area contributed by atoms with E-state index >= 15 is 0 Å². The van der Waals surface area contributed by atoms with Crippen molar-refractivity contribution in [2.24, 2.45) is 0 Å². The molecule has 2 aliphatic heterocycles. The van der Waals surface area contributed by atoms with Crippen molar-refractivity contribution in [3.8, 4) is 0 Å². The molecular formula is C13H17NOS. The highest BCUT2D eigenvalue weighted by atomic mass is 32.1. The van der Waals surface area contributed by atoms with Crippen molar-refractivity contribution in [1.29, 1.82) is 0 Å². The molecule has 1 N–H and O–H groups in total. The fourth-order valence-corrected chi connectivity index (χ4v) is 4.34. The summed E-state index contributed by atoms with van der Waals surface area (Å²) in [6, 6.07) is 2.91. The molecule has 3 aliphatic rings. The van der Waals surface area contributed by atoms with Gasteiger partial charge in [-0.25, -0.2) is 0 Å². The highest BCUT2D eigenvalue weighted by molar-refractivity contribution is 7.10. The molecule has 0 bridgehead atoms. The van der Waals surface area contributed by atoms with Gasteiger partial charge in [0.2, 0.25) is 0 Å². The van der Waals surface area contributed by atoms with Gasteiger partial charge >= 0.3 is 0 Å². The van der Waals surface area contributed by atoms with Gasteiger partial charge in [0.15, 0.2) is 0 Å². The summed E-state index contributed by atoms with van der Waals surface area (Å²) in [5, 5.41) is 5.84. The van der Waals surface area contributed by atoms with Crippen molar-refractivity contribution in [3.63, 3.8) is 0 Å². The van der Waals surface area contributed by atoms with Gasteiger partial charge in [-0.3, -0.25) is 0 Å². The van der Waals surface area contributed by atoms with Crippen molar-refractivity contribution in [3.05, 3.63) is 21.9 Å². The van der Waals surface area contributed by atoms with Crippen LogP contribution in [-0.4, -0.2) is 19.2 Å². The van der Waals surface area contributed by atoms with Crippen LogP contribution >= 0.6 is 11.3 Å². The lowest BCUT2D eigenvalue weighted by Crippen LogP contribution is -2.36. The van der Waals surface area contributed by atoms with E-state index in [-0.39, 0.29) is 0 Å². The Morgan fingerprint density at radius 1 is 1.44 bits per heavy atom. The van der Waals surface area contributed by atoms with E-state index in [0.29, 0.717) is 17.6 Å². The first-order valence-corrected chi connectivity index (χ1v) is 7.20. The average molecular weight is 235 g/mol. The predicted molar refractivity (Wildman–Crippen MR) is 64.9 cm³/mol. The summed E-state index contributed by atoms with van der Waals surface area (Å²) in [5.41, 5.74) is 2.05. The number of fused-ring (bicyclic) bond motifs is 2. The number of hydrogen-bond acceptors (Lipinski definition) is 3. The molecular weight excluding hydrogens is 218 g/mol. The molecule has 3 heteroatoms. The third-order valence-electron chi connectivity index (χ3n) is 4.38. The van der Waals surface area contributed by atoms with Crippen molar-refractivity contribution in [1.82, 2.24) is 5.32 Å². The Balaban J connectivity index is 1.71. The van der Waals surface area contributed by atoms with Crippen molar-refractivity contribution >= 4 is 11.3 Å². The molecule has 2 atom stereocenters. The third-order valence-corrected chi connectivity index (χ3v) is 5.36. The van der Waals surface area contributed by atoms with Crippen LogP contribution in [0.15, 0.2) is 11.4 Å². The summed E-state index contributed by atoms with van der Waals surface area (Å²) in [5.74, 6) is 0. The lowest BCUT2D eigenvalue weighted by atomic mass is 9.91. The molecule has 0 amide bonds. The lowest BCUT2D eigenvalue weighted by molar-refractivity contribution is 0.00451. The van der Waals surface area contributed by atoms with Gasteiger partial charge in [0, 0.05) is 16.3 Å². The number of rotatable bonds is 1. The van der Waals surface area contributed by atoms with E-state index in [1.54, 1.807) is 5.56 Å². The van der Waals surface area contributed by atoms with E-state index in [1.165, 1.54) is 30.6 Å². The summed E-state index contributed by atoms with van der Waals surface area (Å²) >= 11 is 1.90. The van der Waals surface area contributed by atoms with E-state index in [2.05, 4.69) is 16.8 Å². The Labute approximate surface area is 100 Å². The maximum Gasteiger partial charge on any atom is 0.107 e. The zero-order valence-corrected chi connectivity index (χ0v) is 10.2. The highest BCUT2D eigenvalue weighted by Gasteiger charge is 2.51. The van der Waals surface area contributed by atoms with Crippen LogP contribution in [0.2, 0.25) is 0 Å². The molecule has 1 saturated heterocycles. The Morgan fingerprint density at radius 2 is 2.38 bits per heavy atom. The quantitative estimate of drug-likeness (QED) is 0.808. The van der Waals surface area contributed by atoms with Gasteiger partial charge in [-0.15, -0.1) is 11.3 Å². The minimum Gasteiger partial charge on any atom is -0.370 e. The average Bonchev–Trinajstić information content (AvgIpc) is 2.75. The molecule has 1 spiro atoms. The molecule has 86 valence electrons. The predicted octanol–water partition coefficient (Wildman–Crippen LogP) is 2.60. The first-order chi connectivity index (χ1) is 7.89. The van der Waals surface area contributed by atoms with Gasteiger partial charge in [0.1, 0.15) is 6.10 Å². The maximum absolute atomic E-state index is 6.17. The highest BCUT2D eigenvalue weighted by Crippen LogP contribution is 2.56. The Morgan fingerprint density at radius 3 is 3.12 bits per heavy atom. The van der Waals surface area contributed by atoms with E-state index in [0.717, 1.165) is 13.2 Å². The first kappa shape index (κ1) is 9.63. The van der Waals surface area contributed by atoms with E-state index in [4.69, 9.17) is 4.74 Å². The fourth-order valence-electron chi connectivity index (χ4n) is 3.22. The molecule has 1 aliphatic carbocycles. The SMILES string of the molecule is c1cc2c(s1)[C@@H]([C@@H]1CCCN1)OCC21CC1. The monoisotopic (exact) mass is 235 g/mol. The minimum absolute atomic E-state index is 0.337. The second-order valence-corrected chi connectivity index (χ2v) is 6.36. The van der Waals surface area contributed by atoms with Gasteiger partial charge < -0.3 is 10.1 Å². The topological polar surface area (TPSA) is 21.3 Å². The Bertz CT molecular complexity index is 404. The van der Waals surface area contributed by atoms with Crippen LogP contribution in [0.3, 0.4) is 0 Å². The Hall–Kier alpha value is -0.380. The van der Waals surface area contributed by atoms with Crippen LogP contribution in [0, 0.1) is 0 Å². The molecule has 2 fully saturated rings. The zero-order valence-electron chi connectivity index (χ0n) is 9.37. The normalized spacial score (nSPS) is 35.2. The lowest BCUT2D eigenvalue weighted by Gasteiger charge is -2.33.